The summed E-state index contributed by atoms with van der Waals surface area (Å²) in [5.41, 5.74) is 0.359. The lowest BCUT2D eigenvalue weighted by Gasteiger charge is -2.29. The van der Waals surface area contributed by atoms with Gasteiger partial charge in [0.05, 0.1) is 18.1 Å². The number of carbonyl (C=O) groups is 2. The monoisotopic (exact) mass is 433 g/mol. The van der Waals surface area contributed by atoms with Crippen molar-refractivity contribution >= 4 is 11.9 Å². The van der Waals surface area contributed by atoms with Crippen LogP contribution >= 0.6 is 0 Å². The molecule has 0 spiro atoms. The first-order valence-electron chi connectivity index (χ1n) is 10.5. The number of benzene rings is 1. The Labute approximate surface area is 179 Å². The molecule has 2 aliphatic carbocycles. The molecule has 0 bridgehead atoms. The van der Waals surface area contributed by atoms with E-state index in [0.29, 0.717) is 43.4 Å². The fraction of sp³-hybridized carbons (Fsp3) is 0.417. The van der Waals surface area contributed by atoms with Crippen molar-refractivity contribution in [2.75, 3.05) is 6.61 Å². The first-order valence-corrected chi connectivity index (χ1v) is 10.5. The minimum Gasteiger partial charge on any atom is -0.466 e. The molecule has 1 fully saturated rings. The summed E-state index contributed by atoms with van der Waals surface area (Å²) < 4.78 is 43.7. The van der Waals surface area contributed by atoms with Crippen LogP contribution in [0.1, 0.15) is 49.7 Å². The molecule has 1 aromatic carbocycles. The Kier molecular flexibility index (Phi) is 7.36. The van der Waals surface area contributed by atoms with Crippen LogP contribution in [0.3, 0.4) is 0 Å². The predicted octanol–water partition coefficient (Wildman–Crippen LogP) is 5.08. The largest absolute Gasteiger partial charge is 0.466 e. The van der Waals surface area contributed by atoms with Crippen LogP contribution in [0.5, 0.6) is 0 Å². The van der Waals surface area contributed by atoms with Crippen LogP contribution in [0, 0.1) is 5.92 Å². The number of amides is 1. The normalized spacial score (nSPS) is 23.6. The average Bonchev–Trinajstić information content (AvgIpc) is 3.00. The van der Waals surface area contributed by atoms with Gasteiger partial charge in [0.25, 0.3) is 0 Å². The number of nitrogens with one attached hydrogen (secondary N) is 1. The summed E-state index contributed by atoms with van der Waals surface area (Å²) in [6.07, 6.45) is 7.07. The van der Waals surface area contributed by atoms with Gasteiger partial charge in [0.2, 0.25) is 5.91 Å². The van der Waals surface area contributed by atoms with Gasteiger partial charge in [-0.3, -0.25) is 9.59 Å². The highest BCUT2D eigenvalue weighted by atomic mass is 19.4. The summed E-state index contributed by atoms with van der Waals surface area (Å²) in [6.45, 7) is 2.14. The van der Waals surface area contributed by atoms with E-state index in [4.69, 9.17) is 4.74 Å². The molecule has 31 heavy (non-hydrogen) atoms. The van der Waals surface area contributed by atoms with Crippen LogP contribution in [0.15, 0.2) is 60.2 Å². The van der Waals surface area contributed by atoms with Crippen LogP contribution in [0.25, 0.3) is 0 Å². The number of hydrogen-bond acceptors (Lipinski definition) is 3. The molecule has 1 N–H and O–H groups in total. The molecular formula is C24H26F3NO3. The third kappa shape index (κ3) is 5.87. The van der Waals surface area contributed by atoms with E-state index in [0.717, 1.165) is 12.1 Å². The Morgan fingerprint density at radius 1 is 1.03 bits per heavy atom. The molecule has 4 nitrogen and oxygen atoms in total. The lowest BCUT2D eigenvalue weighted by molar-refractivity contribution is -0.149. The van der Waals surface area contributed by atoms with E-state index in [1.54, 1.807) is 37.3 Å². The molecule has 3 rings (SSSR count). The molecule has 0 aliphatic heterocycles. The maximum Gasteiger partial charge on any atom is 0.416 e. The molecule has 2 aliphatic rings. The predicted molar refractivity (Wildman–Crippen MR) is 111 cm³/mol. The number of hydrogen-bond donors (Lipinski definition) is 1. The third-order valence-electron chi connectivity index (χ3n) is 5.68. The van der Waals surface area contributed by atoms with Crippen molar-refractivity contribution in [2.45, 2.75) is 50.7 Å². The Bertz CT molecular complexity index is 876. The van der Waals surface area contributed by atoms with Crippen molar-refractivity contribution in [3.63, 3.8) is 0 Å². The smallest absolute Gasteiger partial charge is 0.416 e. The fourth-order valence-electron chi connectivity index (χ4n) is 4.00. The summed E-state index contributed by atoms with van der Waals surface area (Å²) in [4.78, 5) is 24.9. The molecule has 1 unspecified atom stereocenters. The number of ether oxygens (including phenoxy) is 1. The molecule has 0 aromatic heterocycles. The van der Waals surface area contributed by atoms with Gasteiger partial charge in [-0.1, -0.05) is 42.5 Å². The van der Waals surface area contributed by atoms with Gasteiger partial charge in [0, 0.05) is 17.5 Å². The number of carbonyl (C=O) groups excluding carboxylic acids is 2. The summed E-state index contributed by atoms with van der Waals surface area (Å²) in [5.74, 6) is -1.01. The highest BCUT2D eigenvalue weighted by molar-refractivity contribution is 5.96. The molecule has 1 amide bonds. The van der Waals surface area contributed by atoms with Crippen LogP contribution in [0.2, 0.25) is 0 Å². The number of esters is 1. The molecule has 0 saturated heterocycles. The second kappa shape index (κ2) is 9.98. The van der Waals surface area contributed by atoms with E-state index in [9.17, 15) is 22.8 Å². The van der Waals surface area contributed by atoms with E-state index >= 15 is 0 Å². The van der Waals surface area contributed by atoms with Crippen LogP contribution in [0.4, 0.5) is 13.2 Å². The van der Waals surface area contributed by atoms with E-state index < -0.39 is 17.7 Å². The average molecular weight is 433 g/mol. The quantitative estimate of drug-likeness (QED) is 0.659. The first kappa shape index (κ1) is 22.8. The summed E-state index contributed by atoms with van der Waals surface area (Å²) in [6, 6.07) is 4.84. The number of alkyl halides is 3. The lowest BCUT2D eigenvalue weighted by Crippen LogP contribution is -2.40. The minimum atomic E-state index is -4.40. The van der Waals surface area contributed by atoms with Gasteiger partial charge in [-0.2, -0.15) is 13.2 Å². The summed E-state index contributed by atoms with van der Waals surface area (Å²) in [5, 5.41) is 3.04. The molecule has 7 heteroatoms. The second-order valence-corrected chi connectivity index (χ2v) is 7.76. The third-order valence-corrected chi connectivity index (χ3v) is 5.68. The number of rotatable bonds is 5. The van der Waals surface area contributed by atoms with Gasteiger partial charge in [-0.25, -0.2) is 0 Å². The van der Waals surface area contributed by atoms with Crippen molar-refractivity contribution in [2.24, 2.45) is 5.92 Å². The zero-order chi connectivity index (χ0) is 22.4. The van der Waals surface area contributed by atoms with Gasteiger partial charge >= 0.3 is 12.1 Å². The standard InChI is InChI=1S/C24H26F3NO3/c1-2-31-23(30)17-10-14-19(15-11-17)28-22(29)21-7-5-3-4-6-20(21)16-8-12-18(13-9-16)24(25,26)27/h3-9,12-13,17,19-20H,2,10-11,14-15H2,1H3,(H,28,29). The second-order valence-electron chi connectivity index (χ2n) is 7.76. The van der Waals surface area contributed by atoms with Crippen LogP contribution in [-0.4, -0.2) is 24.5 Å². The molecule has 1 atom stereocenters. The Balaban J connectivity index is 1.68. The highest BCUT2D eigenvalue weighted by Crippen LogP contribution is 2.33. The Hall–Kier alpha value is -2.83. The summed E-state index contributed by atoms with van der Waals surface area (Å²) >= 11 is 0. The van der Waals surface area contributed by atoms with Crippen molar-refractivity contribution in [3.8, 4) is 0 Å². The minimum absolute atomic E-state index is 0.0523. The van der Waals surface area contributed by atoms with Crippen molar-refractivity contribution < 1.29 is 27.5 Å². The zero-order valence-electron chi connectivity index (χ0n) is 17.3. The number of halogens is 3. The molecule has 1 saturated carbocycles. The molecule has 0 radical (unpaired) electrons. The maximum atomic E-state index is 13.0. The fourth-order valence-corrected chi connectivity index (χ4v) is 4.00. The number of allylic oxidation sites excluding steroid dienone is 5. The van der Waals surface area contributed by atoms with Gasteiger partial charge < -0.3 is 10.1 Å². The highest BCUT2D eigenvalue weighted by Gasteiger charge is 2.32. The van der Waals surface area contributed by atoms with Crippen LogP contribution in [-0.2, 0) is 20.5 Å². The van der Waals surface area contributed by atoms with E-state index in [1.807, 2.05) is 0 Å². The van der Waals surface area contributed by atoms with Crippen molar-refractivity contribution in [1.82, 2.24) is 5.32 Å². The first-order chi connectivity index (χ1) is 14.8. The maximum absolute atomic E-state index is 13.0. The van der Waals surface area contributed by atoms with E-state index in [2.05, 4.69) is 5.32 Å². The topological polar surface area (TPSA) is 55.4 Å². The molecule has 166 valence electrons. The van der Waals surface area contributed by atoms with E-state index in [-0.39, 0.29) is 23.8 Å². The SMILES string of the molecule is CCOC(=O)C1CCC(NC(=O)C2=CC=CC=CC2c2ccc(C(F)(F)F)cc2)CC1. The van der Waals surface area contributed by atoms with Gasteiger partial charge in [-0.05, 0) is 50.3 Å². The van der Waals surface area contributed by atoms with Crippen molar-refractivity contribution in [3.05, 3.63) is 71.3 Å². The lowest BCUT2D eigenvalue weighted by atomic mass is 9.85. The van der Waals surface area contributed by atoms with Crippen LogP contribution < -0.4 is 5.32 Å². The molecular weight excluding hydrogens is 407 g/mol. The van der Waals surface area contributed by atoms with Crippen molar-refractivity contribution in [1.29, 1.82) is 0 Å². The Morgan fingerprint density at radius 3 is 2.32 bits per heavy atom. The molecule has 1 aromatic rings. The van der Waals surface area contributed by atoms with E-state index in [1.165, 1.54) is 12.1 Å². The summed E-state index contributed by atoms with van der Waals surface area (Å²) in [7, 11) is 0. The zero-order valence-corrected chi connectivity index (χ0v) is 17.3. The molecule has 0 heterocycles. The Morgan fingerprint density at radius 2 is 1.71 bits per heavy atom. The van der Waals surface area contributed by atoms with Gasteiger partial charge in [-0.15, -0.1) is 0 Å². The van der Waals surface area contributed by atoms with Gasteiger partial charge in [0.1, 0.15) is 0 Å². The van der Waals surface area contributed by atoms with Gasteiger partial charge in [0.15, 0.2) is 0 Å².